The van der Waals surface area contributed by atoms with Crippen LogP contribution in [0.4, 0.5) is 0 Å². The van der Waals surface area contributed by atoms with Gasteiger partial charge in [-0.25, -0.2) is 0 Å². The monoisotopic (exact) mass is 224 g/mol. The van der Waals surface area contributed by atoms with Crippen LogP contribution < -0.4 is 5.32 Å². The largest absolute Gasteiger partial charge is 0.310 e. The third-order valence-electron chi connectivity index (χ3n) is 4.51. The Morgan fingerprint density at radius 2 is 1.88 bits per heavy atom. The Balaban J connectivity index is 1.77. The van der Waals surface area contributed by atoms with E-state index < -0.39 is 0 Å². The molecule has 1 heterocycles. The molecular formula is C14H28N2. The van der Waals surface area contributed by atoms with Crippen LogP contribution in [-0.2, 0) is 0 Å². The van der Waals surface area contributed by atoms with Crippen LogP contribution in [0.3, 0.4) is 0 Å². The van der Waals surface area contributed by atoms with E-state index in [2.05, 4.69) is 31.0 Å². The van der Waals surface area contributed by atoms with Gasteiger partial charge in [0.25, 0.3) is 0 Å². The molecule has 0 radical (unpaired) electrons. The number of likely N-dealkylation sites (tertiary alicyclic amines) is 1. The fraction of sp³-hybridized carbons (Fsp3) is 1.00. The van der Waals surface area contributed by atoms with E-state index >= 15 is 0 Å². The lowest BCUT2D eigenvalue weighted by Gasteiger charge is -2.32. The van der Waals surface area contributed by atoms with Gasteiger partial charge >= 0.3 is 0 Å². The van der Waals surface area contributed by atoms with Crippen LogP contribution in [0.2, 0.25) is 0 Å². The predicted octanol–water partition coefficient (Wildman–Crippen LogP) is 2.64. The Morgan fingerprint density at radius 3 is 2.50 bits per heavy atom. The molecule has 16 heavy (non-hydrogen) atoms. The highest BCUT2D eigenvalue weighted by Gasteiger charge is 2.28. The second-order valence-corrected chi connectivity index (χ2v) is 6.11. The molecule has 1 aliphatic carbocycles. The number of nitrogens with one attached hydrogen (secondary N) is 1. The molecule has 2 aliphatic rings. The Labute approximate surface area is 101 Å². The first-order chi connectivity index (χ1) is 7.66. The van der Waals surface area contributed by atoms with E-state index in [9.17, 15) is 0 Å². The summed E-state index contributed by atoms with van der Waals surface area (Å²) in [5.41, 5.74) is 0. The Hall–Kier alpha value is -0.0800. The molecule has 94 valence electrons. The Kier molecular flexibility index (Phi) is 4.26. The first-order valence-corrected chi connectivity index (χ1v) is 7.17. The summed E-state index contributed by atoms with van der Waals surface area (Å²) in [6.45, 7) is 9.60. The van der Waals surface area contributed by atoms with Gasteiger partial charge in [-0.05, 0) is 45.6 Å². The van der Waals surface area contributed by atoms with E-state index in [0.29, 0.717) is 0 Å². The van der Waals surface area contributed by atoms with Crippen LogP contribution in [0.1, 0.15) is 52.9 Å². The Morgan fingerprint density at radius 1 is 1.12 bits per heavy atom. The third-order valence-corrected chi connectivity index (χ3v) is 4.51. The van der Waals surface area contributed by atoms with Gasteiger partial charge < -0.3 is 5.32 Å². The zero-order chi connectivity index (χ0) is 11.5. The summed E-state index contributed by atoms with van der Waals surface area (Å²) in [6.07, 6.45) is 7.06. The van der Waals surface area contributed by atoms with Crippen molar-refractivity contribution in [3.8, 4) is 0 Å². The summed E-state index contributed by atoms with van der Waals surface area (Å²) >= 11 is 0. The van der Waals surface area contributed by atoms with Gasteiger partial charge in [0.15, 0.2) is 0 Å². The molecule has 1 saturated heterocycles. The second kappa shape index (κ2) is 5.50. The average Bonchev–Trinajstić information content (AvgIpc) is 2.70. The highest BCUT2D eigenvalue weighted by molar-refractivity contribution is 4.88. The van der Waals surface area contributed by atoms with Crippen molar-refractivity contribution in [1.29, 1.82) is 0 Å². The molecule has 0 aromatic heterocycles. The maximum Gasteiger partial charge on any atom is 0.0210 e. The molecule has 0 aromatic carbocycles. The molecule has 0 aromatic rings. The van der Waals surface area contributed by atoms with Crippen LogP contribution in [0.15, 0.2) is 0 Å². The normalized spacial score (nSPS) is 37.1. The van der Waals surface area contributed by atoms with Crippen LogP contribution in [0.5, 0.6) is 0 Å². The van der Waals surface area contributed by atoms with E-state index in [-0.39, 0.29) is 0 Å². The topological polar surface area (TPSA) is 15.3 Å². The van der Waals surface area contributed by atoms with Crippen LogP contribution in [0.25, 0.3) is 0 Å². The highest BCUT2D eigenvalue weighted by atomic mass is 15.2. The average molecular weight is 224 g/mol. The van der Waals surface area contributed by atoms with Crippen molar-refractivity contribution in [3.05, 3.63) is 0 Å². The summed E-state index contributed by atoms with van der Waals surface area (Å²) in [6, 6.07) is 2.27. The molecule has 0 amide bonds. The van der Waals surface area contributed by atoms with Gasteiger partial charge in [-0.1, -0.05) is 19.8 Å². The lowest BCUT2D eigenvalue weighted by atomic mass is 9.85. The molecule has 0 spiro atoms. The van der Waals surface area contributed by atoms with Gasteiger partial charge in [-0.2, -0.15) is 0 Å². The minimum atomic E-state index is 0.718. The molecule has 0 bridgehead atoms. The van der Waals surface area contributed by atoms with Gasteiger partial charge in [0.2, 0.25) is 0 Å². The summed E-state index contributed by atoms with van der Waals surface area (Å²) in [4.78, 5) is 2.60. The molecule has 2 nitrogen and oxygen atoms in total. The van der Waals surface area contributed by atoms with Gasteiger partial charge in [0.05, 0.1) is 0 Å². The van der Waals surface area contributed by atoms with E-state index in [1.54, 1.807) is 0 Å². The first kappa shape index (κ1) is 12.4. The van der Waals surface area contributed by atoms with Crippen LogP contribution in [-0.4, -0.2) is 36.1 Å². The molecule has 2 rings (SSSR count). The van der Waals surface area contributed by atoms with Gasteiger partial charge in [-0.15, -0.1) is 0 Å². The standard InChI is InChI=1S/C14H28N2/c1-11(2)16-9-8-13(10-16)15-14-7-5-4-6-12(14)3/h11-15H,4-10H2,1-3H3. The minimum Gasteiger partial charge on any atom is -0.310 e. The number of rotatable bonds is 3. The summed E-state index contributed by atoms with van der Waals surface area (Å²) in [5.74, 6) is 0.891. The van der Waals surface area contributed by atoms with E-state index in [0.717, 1.165) is 24.0 Å². The van der Waals surface area contributed by atoms with Gasteiger partial charge in [-0.3, -0.25) is 4.90 Å². The smallest absolute Gasteiger partial charge is 0.0210 e. The van der Waals surface area contributed by atoms with E-state index in [4.69, 9.17) is 0 Å². The minimum absolute atomic E-state index is 0.718. The summed E-state index contributed by atoms with van der Waals surface area (Å²) < 4.78 is 0. The zero-order valence-electron chi connectivity index (χ0n) is 11.2. The predicted molar refractivity (Wildman–Crippen MR) is 69.7 cm³/mol. The van der Waals surface area contributed by atoms with Crippen molar-refractivity contribution in [1.82, 2.24) is 10.2 Å². The summed E-state index contributed by atoms with van der Waals surface area (Å²) in [7, 11) is 0. The maximum atomic E-state index is 3.91. The van der Waals surface area contributed by atoms with Crippen molar-refractivity contribution >= 4 is 0 Å². The molecule has 1 N–H and O–H groups in total. The SMILES string of the molecule is CC1CCCCC1NC1CCN(C(C)C)C1. The fourth-order valence-electron chi connectivity index (χ4n) is 3.26. The quantitative estimate of drug-likeness (QED) is 0.793. The molecule has 2 heteroatoms. The van der Waals surface area contributed by atoms with Crippen LogP contribution in [0, 0.1) is 5.92 Å². The molecular weight excluding hydrogens is 196 g/mol. The number of hydrogen-bond donors (Lipinski definition) is 1. The molecule has 1 aliphatic heterocycles. The fourth-order valence-corrected chi connectivity index (χ4v) is 3.26. The van der Waals surface area contributed by atoms with Crippen molar-refractivity contribution in [2.75, 3.05) is 13.1 Å². The van der Waals surface area contributed by atoms with Crippen molar-refractivity contribution in [2.24, 2.45) is 5.92 Å². The van der Waals surface area contributed by atoms with Crippen molar-refractivity contribution < 1.29 is 0 Å². The first-order valence-electron chi connectivity index (χ1n) is 7.17. The van der Waals surface area contributed by atoms with Crippen molar-refractivity contribution in [2.45, 2.75) is 71.0 Å². The van der Waals surface area contributed by atoms with E-state index in [1.807, 2.05) is 0 Å². The number of hydrogen-bond acceptors (Lipinski definition) is 2. The van der Waals surface area contributed by atoms with Gasteiger partial charge in [0, 0.05) is 24.7 Å². The maximum absolute atomic E-state index is 3.91. The molecule has 2 fully saturated rings. The highest BCUT2D eigenvalue weighted by Crippen LogP contribution is 2.25. The van der Waals surface area contributed by atoms with E-state index in [1.165, 1.54) is 45.2 Å². The zero-order valence-corrected chi connectivity index (χ0v) is 11.2. The Bertz CT molecular complexity index is 215. The number of nitrogens with zero attached hydrogens (tertiary/aromatic N) is 1. The molecule has 1 saturated carbocycles. The molecule has 3 unspecified atom stereocenters. The lowest BCUT2D eigenvalue weighted by molar-refractivity contribution is 0.238. The van der Waals surface area contributed by atoms with Gasteiger partial charge in [0.1, 0.15) is 0 Å². The third kappa shape index (κ3) is 2.98. The van der Waals surface area contributed by atoms with Crippen LogP contribution >= 0.6 is 0 Å². The second-order valence-electron chi connectivity index (χ2n) is 6.11. The lowest BCUT2D eigenvalue weighted by Crippen LogP contribution is -2.45. The van der Waals surface area contributed by atoms with Crippen molar-refractivity contribution in [3.63, 3.8) is 0 Å². The summed E-state index contributed by atoms with van der Waals surface area (Å²) in [5, 5.41) is 3.91. The molecule has 3 atom stereocenters.